The molecule has 104 valence electrons. The highest BCUT2D eigenvalue weighted by Crippen LogP contribution is 2.02. The van der Waals surface area contributed by atoms with Crippen molar-refractivity contribution in [3.05, 3.63) is 0 Å². The van der Waals surface area contributed by atoms with Crippen LogP contribution in [-0.2, 0) is 14.3 Å². The van der Waals surface area contributed by atoms with Crippen LogP contribution in [0.1, 0.15) is 32.1 Å². The summed E-state index contributed by atoms with van der Waals surface area (Å²) in [6.45, 7) is 3.19. The number of alkyl carbamates (subject to hydrolysis) is 1. The van der Waals surface area contributed by atoms with Crippen molar-refractivity contribution in [1.82, 2.24) is 10.6 Å². The van der Waals surface area contributed by atoms with Gasteiger partial charge in [0.05, 0.1) is 13.2 Å². The normalized spacial score (nSPS) is 16.0. The van der Waals surface area contributed by atoms with Gasteiger partial charge in [-0.15, -0.1) is 0 Å². The molecule has 0 aliphatic carbocycles. The maximum Gasteiger partial charge on any atom is 0.407 e. The van der Waals surface area contributed by atoms with Gasteiger partial charge in [-0.05, 0) is 45.2 Å². The van der Waals surface area contributed by atoms with Gasteiger partial charge in [-0.1, -0.05) is 0 Å². The number of carbonyl (C=O) groups is 2. The summed E-state index contributed by atoms with van der Waals surface area (Å²) in [6, 6.07) is 0.236. The fourth-order valence-corrected chi connectivity index (χ4v) is 1.85. The topological polar surface area (TPSA) is 76.7 Å². The Morgan fingerprint density at radius 3 is 2.67 bits per heavy atom. The molecule has 1 saturated heterocycles. The van der Waals surface area contributed by atoms with Gasteiger partial charge < -0.3 is 20.1 Å². The Bertz CT molecular complexity index is 242. The van der Waals surface area contributed by atoms with Crippen molar-refractivity contribution in [2.75, 3.05) is 26.3 Å². The molecule has 1 fully saturated rings. The summed E-state index contributed by atoms with van der Waals surface area (Å²) < 4.78 is 9.63. The number of hydrogen-bond acceptors (Lipinski definition) is 5. The lowest BCUT2D eigenvalue weighted by atomic mass is 10.1. The number of hydrogen-bond donors (Lipinski definition) is 2. The summed E-state index contributed by atoms with van der Waals surface area (Å²) in [6.07, 6.45) is 4.07. The second-order valence-corrected chi connectivity index (χ2v) is 4.33. The number of rotatable bonds is 8. The molecule has 6 heteroatoms. The fraction of sp³-hybridized carbons (Fsp3) is 0.833. The van der Waals surface area contributed by atoms with Gasteiger partial charge in [-0.3, -0.25) is 4.79 Å². The van der Waals surface area contributed by atoms with Crippen molar-refractivity contribution in [2.45, 2.75) is 38.1 Å². The van der Waals surface area contributed by atoms with Crippen LogP contribution in [0.3, 0.4) is 0 Å². The monoisotopic (exact) mass is 258 g/mol. The summed E-state index contributed by atoms with van der Waals surface area (Å²) in [7, 11) is 0. The van der Waals surface area contributed by atoms with E-state index in [1.807, 2.05) is 0 Å². The van der Waals surface area contributed by atoms with E-state index in [0.29, 0.717) is 19.7 Å². The molecule has 1 heterocycles. The number of carbonyl (C=O) groups excluding carboxylic acids is 2. The highest BCUT2D eigenvalue weighted by atomic mass is 16.5. The minimum atomic E-state index is -0.328. The Morgan fingerprint density at radius 1 is 1.22 bits per heavy atom. The second kappa shape index (κ2) is 9.70. The Morgan fingerprint density at radius 2 is 1.94 bits per heavy atom. The molecule has 1 rings (SSSR count). The zero-order chi connectivity index (χ0) is 13.1. The highest BCUT2D eigenvalue weighted by molar-refractivity contribution is 5.67. The fourth-order valence-electron chi connectivity index (χ4n) is 1.85. The van der Waals surface area contributed by atoms with Gasteiger partial charge in [0.15, 0.2) is 0 Å². The summed E-state index contributed by atoms with van der Waals surface area (Å²) in [5.41, 5.74) is 0. The van der Waals surface area contributed by atoms with Gasteiger partial charge in [-0.25, -0.2) is 4.79 Å². The molecule has 1 amide bonds. The molecule has 1 aliphatic rings. The third kappa shape index (κ3) is 7.11. The molecule has 0 aromatic rings. The van der Waals surface area contributed by atoms with Crippen LogP contribution in [0.25, 0.3) is 0 Å². The second-order valence-electron chi connectivity index (χ2n) is 4.33. The van der Waals surface area contributed by atoms with E-state index in [-0.39, 0.29) is 12.1 Å². The van der Waals surface area contributed by atoms with E-state index in [1.165, 1.54) is 0 Å². The van der Waals surface area contributed by atoms with Crippen LogP contribution in [0.2, 0.25) is 0 Å². The lowest BCUT2D eigenvalue weighted by molar-refractivity contribution is -0.128. The molecule has 0 aromatic carbocycles. The van der Waals surface area contributed by atoms with E-state index >= 15 is 0 Å². The molecule has 18 heavy (non-hydrogen) atoms. The Balaban J connectivity index is 1.91. The number of unbranched alkanes of at least 4 members (excludes halogenated alkanes) is 2. The Kier molecular flexibility index (Phi) is 7.96. The first kappa shape index (κ1) is 14.8. The number of ether oxygens (including phenoxy) is 2. The smallest absolute Gasteiger partial charge is 0.407 e. The molecule has 0 saturated carbocycles. The van der Waals surface area contributed by atoms with Crippen LogP contribution in [-0.4, -0.2) is 44.9 Å². The van der Waals surface area contributed by atoms with Crippen molar-refractivity contribution >= 4 is 12.6 Å². The van der Waals surface area contributed by atoms with Gasteiger partial charge in [-0.2, -0.15) is 0 Å². The predicted octanol–water partition coefficient (Wildman–Crippen LogP) is 0.808. The summed E-state index contributed by atoms with van der Waals surface area (Å²) >= 11 is 0. The molecule has 1 aliphatic heterocycles. The number of nitrogens with one attached hydrogen (secondary N) is 2. The van der Waals surface area contributed by atoms with Gasteiger partial charge >= 0.3 is 6.09 Å². The third-order valence-electron chi connectivity index (χ3n) is 2.87. The summed E-state index contributed by atoms with van der Waals surface area (Å²) in [5, 5.41) is 6.09. The lowest BCUT2D eigenvalue weighted by Crippen LogP contribution is -2.42. The number of piperidine rings is 1. The first-order valence-electron chi connectivity index (χ1n) is 6.52. The van der Waals surface area contributed by atoms with E-state index in [9.17, 15) is 9.59 Å². The molecule has 0 unspecified atom stereocenters. The maximum absolute atomic E-state index is 11.4. The van der Waals surface area contributed by atoms with E-state index < -0.39 is 0 Å². The van der Waals surface area contributed by atoms with E-state index in [1.54, 1.807) is 0 Å². The van der Waals surface area contributed by atoms with Gasteiger partial charge in [0.1, 0.15) is 0 Å². The first-order valence-corrected chi connectivity index (χ1v) is 6.52. The highest BCUT2D eigenvalue weighted by Gasteiger charge is 2.15. The molecular weight excluding hydrogens is 236 g/mol. The molecule has 6 nitrogen and oxygen atoms in total. The van der Waals surface area contributed by atoms with Gasteiger partial charge in [0.2, 0.25) is 0 Å². The molecule has 0 aromatic heterocycles. The van der Waals surface area contributed by atoms with E-state index in [2.05, 4.69) is 15.4 Å². The SMILES string of the molecule is O=COCCCCCOC(=O)NC1CCNCC1. The molecule has 2 N–H and O–H groups in total. The largest absolute Gasteiger partial charge is 0.468 e. The zero-order valence-electron chi connectivity index (χ0n) is 10.7. The Hall–Kier alpha value is -1.30. The molecule has 0 bridgehead atoms. The van der Waals surface area contributed by atoms with Crippen molar-refractivity contribution in [3.63, 3.8) is 0 Å². The molecule has 0 atom stereocenters. The van der Waals surface area contributed by atoms with Crippen molar-refractivity contribution in [3.8, 4) is 0 Å². The van der Waals surface area contributed by atoms with Gasteiger partial charge in [0.25, 0.3) is 6.47 Å². The summed E-state index contributed by atoms with van der Waals surface area (Å²) in [4.78, 5) is 21.3. The Labute approximate surface area is 107 Å². The van der Waals surface area contributed by atoms with Crippen LogP contribution in [0.15, 0.2) is 0 Å². The number of amides is 1. The average Bonchev–Trinajstić information content (AvgIpc) is 2.39. The first-order chi connectivity index (χ1) is 8.83. The zero-order valence-corrected chi connectivity index (χ0v) is 10.7. The van der Waals surface area contributed by atoms with Crippen molar-refractivity contribution < 1.29 is 19.1 Å². The van der Waals surface area contributed by atoms with Gasteiger partial charge in [0, 0.05) is 6.04 Å². The van der Waals surface area contributed by atoms with Crippen LogP contribution >= 0.6 is 0 Å². The standard InChI is InChI=1S/C12H22N2O4/c15-10-17-8-2-1-3-9-18-12(16)14-11-4-6-13-7-5-11/h10-11,13H,1-9H2,(H,14,16). The van der Waals surface area contributed by atoms with Crippen molar-refractivity contribution in [2.24, 2.45) is 0 Å². The maximum atomic E-state index is 11.4. The lowest BCUT2D eigenvalue weighted by Gasteiger charge is -2.23. The minimum absolute atomic E-state index is 0.236. The van der Waals surface area contributed by atoms with Crippen LogP contribution in [0, 0.1) is 0 Å². The summed E-state index contributed by atoms with van der Waals surface area (Å²) in [5.74, 6) is 0. The van der Waals surface area contributed by atoms with Crippen LogP contribution < -0.4 is 10.6 Å². The minimum Gasteiger partial charge on any atom is -0.468 e. The molecule has 0 radical (unpaired) electrons. The molecular formula is C12H22N2O4. The third-order valence-corrected chi connectivity index (χ3v) is 2.87. The van der Waals surface area contributed by atoms with E-state index in [4.69, 9.17) is 4.74 Å². The van der Waals surface area contributed by atoms with Crippen molar-refractivity contribution in [1.29, 1.82) is 0 Å². The van der Waals surface area contributed by atoms with Crippen LogP contribution in [0.5, 0.6) is 0 Å². The average molecular weight is 258 g/mol. The molecule has 0 spiro atoms. The predicted molar refractivity (Wildman–Crippen MR) is 66.2 cm³/mol. The van der Waals surface area contributed by atoms with E-state index in [0.717, 1.165) is 45.2 Å². The quantitative estimate of drug-likeness (QED) is 0.497. The van der Waals surface area contributed by atoms with Crippen LogP contribution in [0.4, 0.5) is 4.79 Å².